The van der Waals surface area contributed by atoms with Gasteiger partial charge in [0.25, 0.3) is 0 Å². The van der Waals surface area contributed by atoms with Crippen molar-refractivity contribution in [3.8, 4) is 0 Å². The minimum absolute atomic E-state index is 0.0883. The number of urea groups is 1. The fourth-order valence-corrected chi connectivity index (χ4v) is 3.92. The SMILES string of the molecule is CCN(CC)C(=O)N1CCN([C@H]2CCCN(c3cnn(C)c3)C2=O)CC1. The van der Waals surface area contributed by atoms with Crippen molar-refractivity contribution in [1.29, 1.82) is 0 Å². The van der Waals surface area contributed by atoms with Crippen molar-refractivity contribution in [2.45, 2.75) is 32.7 Å². The van der Waals surface area contributed by atoms with Crippen LogP contribution in [0.3, 0.4) is 0 Å². The molecule has 26 heavy (non-hydrogen) atoms. The number of anilines is 1. The quantitative estimate of drug-likeness (QED) is 0.801. The number of hydrogen-bond donors (Lipinski definition) is 0. The fraction of sp³-hybridized carbons (Fsp3) is 0.722. The fourth-order valence-electron chi connectivity index (χ4n) is 3.92. The molecule has 3 heterocycles. The molecule has 8 nitrogen and oxygen atoms in total. The smallest absolute Gasteiger partial charge is 0.320 e. The largest absolute Gasteiger partial charge is 0.325 e. The number of piperazine rings is 1. The number of amides is 3. The van der Waals surface area contributed by atoms with E-state index in [0.717, 1.165) is 51.3 Å². The molecule has 0 N–H and O–H groups in total. The van der Waals surface area contributed by atoms with Gasteiger partial charge in [-0.3, -0.25) is 14.4 Å². The van der Waals surface area contributed by atoms with Gasteiger partial charge in [0.1, 0.15) is 0 Å². The maximum absolute atomic E-state index is 13.0. The van der Waals surface area contributed by atoms with Crippen molar-refractivity contribution in [2.75, 3.05) is 50.7 Å². The summed E-state index contributed by atoms with van der Waals surface area (Å²) in [5.41, 5.74) is 0.873. The maximum Gasteiger partial charge on any atom is 0.320 e. The molecule has 1 atom stereocenters. The van der Waals surface area contributed by atoms with Crippen molar-refractivity contribution in [3.05, 3.63) is 12.4 Å². The number of nitrogens with zero attached hydrogens (tertiary/aromatic N) is 6. The van der Waals surface area contributed by atoms with Gasteiger partial charge in [0, 0.05) is 59.1 Å². The highest BCUT2D eigenvalue weighted by Crippen LogP contribution is 2.24. The first-order chi connectivity index (χ1) is 12.5. The summed E-state index contributed by atoms with van der Waals surface area (Å²) >= 11 is 0. The van der Waals surface area contributed by atoms with E-state index in [9.17, 15) is 9.59 Å². The Morgan fingerprint density at radius 3 is 2.46 bits per heavy atom. The lowest BCUT2D eigenvalue weighted by molar-refractivity contribution is -0.126. The maximum atomic E-state index is 13.0. The highest BCUT2D eigenvalue weighted by atomic mass is 16.2. The molecule has 1 aromatic heterocycles. The second-order valence-corrected chi connectivity index (χ2v) is 7.00. The number of hydrogen-bond acceptors (Lipinski definition) is 4. The normalized spacial score (nSPS) is 22.0. The molecule has 2 aliphatic heterocycles. The molecule has 1 aromatic rings. The Bertz CT molecular complexity index is 633. The molecule has 0 unspecified atom stereocenters. The minimum atomic E-state index is -0.0883. The Labute approximate surface area is 155 Å². The van der Waals surface area contributed by atoms with E-state index in [4.69, 9.17) is 0 Å². The second kappa shape index (κ2) is 8.07. The molecule has 0 saturated carbocycles. The Morgan fingerprint density at radius 2 is 1.88 bits per heavy atom. The Balaban J connectivity index is 1.60. The van der Waals surface area contributed by atoms with Gasteiger partial charge >= 0.3 is 6.03 Å². The van der Waals surface area contributed by atoms with Gasteiger partial charge in [0.15, 0.2) is 0 Å². The van der Waals surface area contributed by atoms with E-state index < -0.39 is 0 Å². The number of aromatic nitrogens is 2. The van der Waals surface area contributed by atoms with Gasteiger partial charge in [-0.1, -0.05) is 0 Å². The summed E-state index contributed by atoms with van der Waals surface area (Å²) in [6, 6.07) is 0.0243. The monoisotopic (exact) mass is 362 g/mol. The predicted molar refractivity (Wildman–Crippen MR) is 100 cm³/mol. The molecule has 144 valence electrons. The molecule has 0 aliphatic carbocycles. The van der Waals surface area contributed by atoms with E-state index >= 15 is 0 Å². The zero-order valence-corrected chi connectivity index (χ0v) is 16.1. The van der Waals surface area contributed by atoms with Crippen LogP contribution in [-0.2, 0) is 11.8 Å². The third-order valence-corrected chi connectivity index (χ3v) is 5.47. The van der Waals surface area contributed by atoms with Crippen LogP contribution in [0.25, 0.3) is 0 Å². The van der Waals surface area contributed by atoms with Gasteiger partial charge in [-0.05, 0) is 26.7 Å². The molecule has 2 saturated heterocycles. The number of carbonyl (C=O) groups excluding carboxylic acids is 2. The van der Waals surface area contributed by atoms with Crippen molar-refractivity contribution in [3.63, 3.8) is 0 Å². The summed E-state index contributed by atoms with van der Waals surface area (Å²) < 4.78 is 1.73. The lowest BCUT2D eigenvalue weighted by Crippen LogP contribution is -2.59. The van der Waals surface area contributed by atoms with Gasteiger partial charge < -0.3 is 14.7 Å². The molecule has 0 spiro atoms. The molecular weight excluding hydrogens is 332 g/mol. The van der Waals surface area contributed by atoms with Crippen LogP contribution in [0.5, 0.6) is 0 Å². The van der Waals surface area contributed by atoms with Crippen molar-refractivity contribution < 1.29 is 9.59 Å². The van der Waals surface area contributed by atoms with Crippen LogP contribution in [0.1, 0.15) is 26.7 Å². The van der Waals surface area contributed by atoms with Crippen LogP contribution in [0.15, 0.2) is 12.4 Å². The van der Waals surface area contributed by atoms with Crippen molar-refractivity contribution in [1.82, 2.24) is 24.5 Å². The lowest BCUT2D eigenvalue weighted by atomic mass is 10.0. The topological polar surface area (TPSA) is 64.9 Å². The molecule has 0 radical (unpaired) electrons. The van der Waals surface area contributed by atoms with Crippen LogP contribution >= 0.6 is 0 Å². The van der Waals surface area contributed by atoms with Crippen LogP contribution < -0.4 is 4.90 Å². The van der Waals surface area contributed by atoms with Crippen LogP contribution in [0.4, 0.5) is 10.5 Å². The first kappa shape index (κ1) is 18.7. The molecule has 8 heteroatoms. The second-order valence-electron chi connectivity index (χ2n) is 7.00. The van der Waals surface area contributed by atoms with Crippen molar-refractivity contribution >= 4 is 17.6 Å². The zero-order valence-electron chi connectivity index (χ0n) is 16.1. The zero-order chi connectivity index (χ0) is 18.7. The van der Waals surface area contributed by atoms with E-state index in [1.54, 1.807) is 10.9 Å². The molecule has 2 aliphatic rings. The number of carbonyl (C=O) groups is 2. The molecule has 0 bridgehead atoms. The van der Waals surface area contributed by atoms with Gasteiger partial charge in [0.2, 0.25) is 5.91 Å². The molecule has 0 aromatic carbocycles. The summed E-state index contributed by atoms with van der Waals surface area (Å²) in [6.07, 6.45) is 5.52. The predicted octanol–water partition coefficient (Wildman–Crippen LogP) is 0.995. The molecule has 3 amide bonds. The standard InChI is InChI=1S/C18H30N6O2/c1-4-21(5-2)18(26)23-11-9-22(10-12-23)16-7-6-8-24(17(16)25)15-13-19-20(3)14-15/h13-14,16H,4-12H2,1-3H3/t16-/m0/s1. The average molecular weight is 362 g/mol. The highest BCUT2D eigenvalue weighted by molar-refractivity contribution is 5.97. The van der Waals surface area contributed by atoms with Gasteiger partial charge in [-0.25, -0.2) is 4.79 Å². The minimum Gasteiger partial charge on any atom is -0.325 e. The van der Waals surface area contributed by atoms with Crippen LogP contribution in [0, 0.1) is 0 Å². The Hall–Kier alpha value is -2.09. The van der Waals surface area contributed by atoms with E-state index in [1.807, 2.05) is 41.8 Å². The van der Waals surface area contributed by atoms with Crippen LogP contribution in [0.2, 0.25) is 0 Å². The van der Waals surface area contributed by atoms with Gasteiger partial charge in [-0.15, -0.1) is 0 Å². The lowest BCUT2D eigenvalue weighted by Gasteiger charge is -2.43. The third-order valence-electron chi connectivity index (χ3n) is 5.47. The van der Waals surface area contributed by atoms with E-state index in [0.29, 0.717) is 13.1 Å². The van der Waals surface area contributed by atoms with E-state index in [2.05, 4.69) is 10.00 Å². The van der Waals surface area contributed by atoms with Gasteiger partial charge in [0.05, 0.1) is 17.9 Å². The number of rotatable bonds is 4. The Morgan fingerprint density at radius 1 is 1.19 bits per heavy atom. The Kier molecular flexibility index (Phi) is 5.80. The number of aryl methyl sites for hydroxylation is 1. The van der Waals surface area contributed by atoms with Gasteiger partial charge in [-0.2, -0.15) is 5.10 Å². The van der Waals surface area contributed by atoms with Crippen LogP contribution in [-0.4, -0.2) is 88.3 Å². The summed E-state index contributed by atoms with van der Waals surface area (Å²) in [6.45, 7) is 9.11. The summed E-state index contributed by atoms with van der Waals surface area (Å²) in [5, 5.41) is 4.19. The molecule has 3 rings (SSSR count). The molecular formula is C18H30N6O2. The highest BCUT2D eigenvalue weighted by Gasteiger charge is 2.36. The summed E-state index contributed by atoms with van der Waals surface area (Å²) in [4.78, 5) is 33.4. The summed E-state index contributed by atoms with van der Waals surface area (Å²) in [5.74, 6) is 0.160. The van der Waals surface area contributed by atoms with Crippen molar-refractivity contribution in [2.24, 2.45) is 7.05 Å². The molecule has 2 fully saturated rings. The first-order valence-corrected chi connectivity index (χ1v) is 9.63. The van der Waals surface area contributed by atoms with E-state index in [1.165, 1.54) is 0 Å². The first-order valence-electron chi connectivity index (χ1n) is 9.63. The number of piperidine rings is 1. The third kappa shape index (κ3) is 3.70. The summed E-state index contributed by atoms with van der Waals surface area (Å²) in [7, 11) is 1.86. The van der Waals surface area contributed by atoms with E-state index in [-0.39, 0.29) is 18.0 Å². The average Bonchev–Trinajstić information content (AvgIpc) is 3.09.